The maximum absolute atomic E-state index is 12.9. The van der Waals surface area contributed by atoms with Crippen LogP contribution in [-0.4, -0.2) is 39.0 Å². The third-order valence-corrected chi connectivity index (χ3v) is 5.33. The van der Waals surface area contributed by atoms with Crippen LogP contribution < -0.4 is 34.3 Å². The van der Waals surface area contributed by atoms with Gasteiger partial charge in [-0.25, -0.2) is 4.39 Å². The number of nitriles is 1. The van der Waals surface area contributed by atoms with E-state index in [0.717, 1.165) is 12.5 Å². The van der Waals surface area contributed by atoms with Crippen LogP contribution in [0.5, 0.6) is 11.5 Å². The average molecular weight is 427 g/mol. The largest absolute Gasteiger partial charge is 1.00 e. The summed E-state index contributed by atoms with van der Waals surface area (Å²) in [7, 11) is 0. The van der Waals surface area contributed by atoms with E-state index in [9.17, 15) is 9.18 Å². The molecule has 31 heavy (non-hydrogen) atoms. The van der Waals surface area contributed by atoms with Gasteiger partial charge < -0.3 is 19.5 Å². The van der Waals surface area contributed by atoms with Gasteiger partial charge in [0.15, 0.2) is 11.9 Å². The Morgan fingerprint density at radius 1 is 1.26 bits per heavy atom. The van der Waals surface area contributed by atoms with E-state index in [0.29, 0.717) is 28.8 Å². The number of H-pyrrole nitrogens is 1. The number of aromatic nitrogens is 3. The van der Waals surface area contributed by atoms with Gasteiger partial charge in [0, 0.05) is 36.3 Å². The van der Waals surface area contributed by atoms with Crippen molar-refractivity contribution in [2.45, 2.75) is 25.3 Å². The number of carbonyl (C=O) groups excluding carboxylic acids is 1. The molecule has 0 amide bonds. The molecule has 1 saturated heterocycles. The van der Waals surface area contributed by atoms with Crippen molar-refractivity contribution in [3.63, 3.8) is 0 Å². The number of benzene rings is 1. The van der Waals surface area contributed by atoms with Crippen molar-refractivity contribution in [2.75, 3.05) is 6.54 Å². The Labute approximate surface area is 201 Å². The minimum atomic E-state index is -0.341. The van der Waals surface area contributed by atoms with Gasteiger partial charge in [-0.2, -0.15) is 16.4 Å². The summed E-state index contributed by atoms with van der Waals surface area (Å²) in [5.41, 5.74) is 1.44. The molecule has 152 valence electrons. The monoisotopic (exact) mass is 427 g/mol. The van der Waals surface area contributed by atoms with Crippen LogP contribution in [0.15, 0.2) is 48.8 Å². The van der Waals surface area contributed by atoms with E-state index < -0.39 is 0 Å². The van der Waals surface area contributed by atoms with Crippen molar-refractivity contribution in [3.05, 3.63) is 60.3 Å². The summed E-state index contributed by atoms with van der Waals surface area (Å²) in [5.74, 6) is 1.44. The second-order valence-corrected chi connectivity index (χ2v) is 7.28. The summed E-state index contributed by atoms with van der Waals surface area (Å²) in [4.78, 5) is 16.5. The van der Waals surface area contributed by atoms with Crippen molar-refractivity contribution < 1.29 is 43.5 Å². The molecule has 2 aliphatic rings. The van der Waals surface area contributed by atoms with Crippen molar-refractivity contribution in [3.8, 4) is 28.9 Å². The van der Waals surface area contributed by atoms with E-state index in [1.807, 2.05) is 4.90 Å². The number of ether oxygens (including phenoxy) is 1. The Kier molecular flexibility index (Phi) is 7.80. The van der Waals surface area contributed by atoms with Crippen molar-refractivity contribution in [1.29, 1.82) is 5.26 Å². The summed E-state index contributed by atoms with van der Waals surface area (Å²) in [6, 6.07) is 9.53. The predicted octanol–water partition coefficient (Wildman–Crippen LogP) is 0.817. The Morgan fingerprint density at radius 2 is 2.06 bits per heavy atom. The Balaban J connectivity index is 0.000000227. The molecule has 2 atom stereocenters. The van der Waals surface area contributed by atoms with Gasteiger partial charge in [-0.1, -0.05) is 5.69 Å². The SMILES string of the molecule is N#CN1CC2CCC1C2.O=[C-]c1cc(-c2ccncc2Oc2ccc(F)cc2)n[nH]1.[Na+]. The molecule has 2 unspecified atom stereocenters. The number of halogens is 1. The number of aromatic amines is 1. The molecule has 0 radical (unpaired) electrons. The number of hydrogen-bond donors (Lipinski definition) is 1. The van der Waals surface area contributed by atoms with Crippen LogP contribution in [0.4, 0.5) is 4.39 Å². The Hall–Kier alpha value is -2.73. The number of hydrogen-bond acceptors (Lipinski definition) is 6. The molecule has 1 N–H and O–H groups in total. The Morgan fingerprint density at radius 3 is 2.65 bits per heavy atom. The number of likely N-dealkylation sites (tertiary alicyclic amines) is 1. The standard InChI is InChI=1S/C15H9FN3O2.C7H10N2.Na/c16-10-1-3-12(4-2-10)21-15-8-17-6-5-13(15)14-7-11(9-20)18-19-14;8-5-9-4-6-1-2-7(9)3-6;/h1-8H,(H,18,19);6-7H,1-4H2;/q-1;;+1. The van der Waals surface area contributed by atoms with E-state index in [1.54, 1.807) is 24.6 Å². The number of nitrogens with one attached hydrogen (secondary N) is 1. The van der Waals surface area contributed by atoms with Crippen LogP contribution in [0.25, 0.3) is 11.3 Å². The zero-order valence-corrected chi connectivity index (χ0v) is 19.1. The zero-order chi connectivity index (χ0) is 20.9. The second-order valence-electron chi connectivity index (χ2n) is 7.28. The first-order valence-corrected chi connectivity index (χ1v) is 9.64. The third kappa shape index (κ3) is 5.50. The zero-order valence-electron chi connectivity index (χ0n) is 17.1. The van der Waals surface area contributed by atoms with E-state index in [-0.39, 0.29) is 41.1 Å². The van der Waals surface area contributed by atoms with Gasteiger partial charge in [0.1, 0.15) is 11.6 Å². The van der Waals surface area contributed by atoms with Crippen LogP contribution in [0, 0.1) is 23.2 Å². The minimum Gasteiger partial charge on any atom is -0.455 e. The fraction of sp³-hybridized carbons (Fsp3) is 0.273. The van der Waals surface area contributed by atoms with E-state index in [1.165, 1.54) is 49.7 Å². The fourth-order valence-electron chi connectivity index (χ4n) is 3.86. The molecule has 2 fully saturated rings. The molecule has 1 saturated carbocycles. The Bertz CT molecular complexity index is 1070. The summed E-state index contributed by atoms with van der Waals surface area (Å²) in [6.07, 6.45) is 11.0. The molecule has 3 aromatic rings. The average Bonchev–Trinajstić information content (AvgIpc) is 3.53. The van der Waals surface area contributed by atoms with Gasteiger partial charge in [0.2, 0.25) is 0 Å². The molecule has 3 heterocycles. The molecule has 7 nitrogen and oxygen atoms in total. The minimum absolute atomic E-state index is 0. The molecule has 2 bridgehead atoms. The summed E-state index contributed by atoms with van der Waals surface area (Å²) in [5, 5.41) is 15.1. The number of piperidine rings is 1. The first-order chi connectivity index (χ1) is 14.7. The van der Waals surface area contributed by atoms with Crippen LogP contribution in [0.1, 0.15) is 25.0 Å². The van der Waals surface area contributed by atoms with E-state index >= 15 is 0 Å². The smallest absolute Gasteiger partial charge is 0.455 e. The molecule has 2 aromatic heterocycles. The van der Waals surface area contributed by atoms with Gasteiger partial charge in [-0.3, -0.25) is 4.98 Å². The van der Waals surface area contributed by atoms with Crippen molar-refractivity contribution >= 4 is 6.29 Å². The molecule has 1 aromatic carbocycles. The van der Waals surface area contributed by atoms with Gasteiger partial charge in [0.05, 0.1) is 6.20 Å². The third-order valence-electron chi connectivity index (χ3n) is 5.33. The number of pyridine rings is 1. The van der Waals surface area contributed by atoms with Crippen LogP contribution in [0.3, 0.4) is 0 Å². The van der Waals surface area contributed by atoms with Gasteiger partial charge in [-0.05, 0) is 55.5 Å². The summed E-state index contributed by atoms with van der Waals surface area (Å²) < 4.78 is 18.6. The van der Waals surface area contributed by atoms with Gasteiger partial charge >= 0.3 is 29.6 Å². The first kappa shape index (κ1) is 22.9. The molecule has 5 rings (SSSR count). The molecule has 1 aliphatic heterocycles. The molecule has 0 spiro atoms. The first-order valence-electron chi connectivity index (χ1n) is 9.64. The van der Waals surface area contributed by atoms with Gasteiger partial charge in [0.25, 0.3) is 0 Å². The normalized spacial score (nSPS) is 18.4. The van der Waals surface area contributed by atoms with E-state index in [2.05, 4.69) is 21.4 Å². The van der Waals surface area contributed by atoms with Crippen molar-refractivity contribution in [2.24, 2.45) is 5.92 Å². The van der Waals surface area contributed by atoms with E-state index in [4.69, 9.17) is 10.00 Å². The maximum Gasteiger partial charge on any atom is 1.00 e. The summed E-state index contributed by atoms with van der Waals surface area (Å²) in [6.45, 7) is 1.04. The number of fused-ring (bicyclic) bond motifs is 2. The van der Waals surface area contributed by atoms with Crippen molar-refractivity contribution in [1.82, 2.24) is 20.1 Å². The number of rotatable bonds is 4. The quantitative estimate of drug-likeness (QED) is 0.376. The van der Waals surface area contributed by atoms with Crippen LogP contribution >= 0.6 is 0 Å². The molecule has 1 aliphatic carbocycles. The summed E-state index contributed by atoms with van der Waals surface area (Å²) >= 11 is 0. The molecular formula is C22H19FN5NaO2. The van der Waals surface area contributed by atoms with Crippen LogP contribution in [-0.2, 0) is 4.79 Å². The number of nitrogens with zero attached hydrogens (tertiary/aromatic N) is 4. The predicted molar refractivity (Wildman–Crippen MR) is 107 cm³/mol. The maximum atomic E-state index is 12.9. The second kappa shape index (κ2) is 10.5. The van der Waals surface area contributed by atoms with Crippen LogP contribution in [0.2, 0.25) is 0 Å². The van der Waals surface area contributed by atoms with Gasteiger partial charge in [-0.15, -0.1) is 0 Å². The topological polar surface area (TPSA) is 94.9 Å². The fourth-order valence-corrected chi connectivity index (χ4v) is 3.86. The molecular weight excluding hydrogens is 408 g/mol. The molecule has 9 heteroatoms.